The van der Waals surface area contributed by atoms with Crippen LogP contribution in [0.2, 0.25) is 0 Å². The van der Waals surface area contributed by atoms with E-state index in [1.54, 1.807) is 0 Å². The maximum Gasteiger partial charge on any atom is 0.293 e. The van der Waals surface area contributed by atoms with Crippen LogP contribution in [0.25, 0.3) is 0 Å². The first-order valence-electron chi connectivity index (χ1n) is 6.49. The fourth-order valence-electron chi connectivity index (χ4n) is 1.20. The molecular formula is C15H22BrIN2O2. The Morgan fingerprint density at radius 3 is 2.57 bits per heavy atom. The zero-order valence-corrected chi connectivity index (χ0v) is 16.6. The quantitative estimate of drug-likeness (QED) is 0.223. The number of ether oxygens (including phenoxy) is 1. The highest BCUT2D eigenvalue weighted by molar-refractivity contribution is 14.1. The lowest BCUT2D eigenvalue weighted by Crippen LogP contribution is -2.17. The highest BCUT2D eigenvalue weighted by Gasteiger charge is 2.07. The van der Waals surface area contributed by atoms with E-state index in [1.807, 2.05) is 33.0 Å². The van der Waals surface area contributed by atoms with Gasteiger partial charge in [0, 0.05) is 17.2 Å². The summed E-state index contributed by atoms with van der Waals surface area (Å²) in [7, 11) is 0. The van der Waals surface area contributed by atoms with Gasteiger partial charge in [-0.2, -0.15) is 0 Å². The SMILES string of the molecule is C=CCCNc1c(I)ncc(Br)c1C.CC(C)(C)OC=O. The molecule has 1 heterocycles. The molecule has 0 unspecified atom stereocenters. The molecule has 0 saturated carbocycles. The van der Waals surface area contributed by atoms with Gasteiger partial charge in [0.15, 0.2) is 0 Å². The van der Waals surface area contributed by atoms with E-state index >= 15 is 0 Å². The Morgan fingerprint density at radius 1 is 1.52 bits per heavy atom. The lowest BCUT2D eigenvalue weighted by atomic mass is 10.2. The van der Waals surface area contributed by atoms with Crippen molar-refractivity contribution in [3.8, 4) is 0 Å². The van der Waals surface area contributed by atoms with E-state index in [9.17, 15) is 4.79 Å². The predicted octanol–water partition coefficient (Wildman–Crippen LogP) is 4.70. The number of hydrogen-bond donors (Lipinski definition) is 1. The Labute approximate surface area is 149 Å². The Hall–Kier alpha value is -0.630. The van der Waals surface area contributed by atoms with Crippen LogP contribution in [-0.4, -0.2) is 23.6 Å². The second kappa shape index (κ2) is 10.2. The molecule has 4 nitrogen and oxygen atoms in total. The number of halogens is 2. The largest absolute Gasteiger partial charge is 0.462 e. The molecule has 6 heteroatoms. The van der Waals surface area contributed by atoms with Gasteiger partial charge in [0.05, 0.1) is 5.69 Å². The van der Waals surface area contributed by atoms with Crippen molar-refractivity contribution < 1.29 is 9.53 Å². The van der Waals surface area contributed by atoms with Crippen LogP contribution in [0, 0.1) is 10.6 Å². The van der Waals surface area contributed by atoms with Crippen LogP contribution in [0.5, 0.6) is 0 Å². The van der Waals surface area contributed by atoms with Gasteiger partial charge in [-0.05, 0) is 78.2 Å². The van der Waals surface area contributed by atoms with Gasteiger partial charge in [-0.25, -0.2) is 4.98 Å². The van der Waals surface area contributed by atoms with Crippen molar-refractivity contribution >= 4 is 50.7 Å². The van der Waals surface area contributed by atoms with E-state index in [0.29, 0.717) is 6.47 Å². The summed E-state index contributed by atoms with van der Waals surface area (Å²) in [5, 5.41) is 3.35. The zero-order valence-electron chi connectivity index (χ0n) is 12.9. The first-order valence-corrected chi connectivity index (χ1v) is 8.37. The van der Waals surface area contributed by atoms with Crippen LogP contribution in [0.4, 0.5) is 5.69 Å². The minimum atomic E-state index is -0.318. The number of pyridine rings is 1. The molecule has 0 radical (unpaired) electrons. The molecule has 0 aliphatic rings. The number of anilines is 1. The summed E-state index contributed by atoms with van der Waals surface area (Å²) in [6.07, 6.45) is 4.69. The lowest BCUT2D eigenvalue weighted by Gasteiger charge is -2.14. The molecule has 0 bridgehead atoms. The zero-order chi connectivity index (χ0) is 16.5. The van der Waals surface area contributed by atoms with Crippen LogP contribution in [0.1, 0.15) is 32.8 Å². The molecule has 118 valence electrons. The van der Waals surface area contributed by atoms with Crippen LogP contribution in [0.3, 0.4) is 0 Å². The topological polar surface area (TPSA) is 51.2 Å². The average Bonchev–Trinajstić information content (AvgIpc) is 2.38. The molecule has 0 fully saturated rings. The van der Waals surface area contributed by atoms with Crippen molar-refractivity contribution in [2.75, 3.05) is 11.9 Å². The molecular weight excluding hydrogens is 447 g/mol. The van der Waals surface area contributed by atoms with Crippen LogP contribution in [-0.2, 0) is 9.53 Å². The molecule has 0 aliphatic carbocycles. The van der Waals surface area contributed by atoms with Crippen molar-refractivity contribution in [3.05, 3.63) is 32.6 Å². The summed E-state index contributed by atoms with van der Waals surface area (Å²) in [5.74, 6) is 0. The summed E-state index contributed by atoms with van der Waals surface area (Å²) >= 11 is 5.70. The third-order valence-corrected chi connectivity index (χ3v) is 3.90. The Kier molecular flexibility index (Phi) is 9.85. The normalized spacial score (nSPS) is 10.2. The molecule has 1 aromatic heterocycles. The maximum absolute atomic E-state index is 9.60. The number of hydrogen-bond acceptors (Lipinski definition) is 4. The monoisotopic (exact) mass is 468 g/mol. The lowest BCUT2D eigenvalue weighted by molar-refractivity contribution is -0.138. The standard InChI is InChI=1S/C10H12BrIN2.C5H10O2/c1-3-4-5-13-9-7(2)8(11)6-14-10(9)12;1-5(2,3)7-4-6/h3,6,13H,1,4-5H2,2H3;4H,1-3H3. The van der Waals surface area contributed by atoms with E-state index in [1.165, 1.54) is 5.56 Å². The number of nitrogens with zero attached hydrogens (tertiary/aromatic N) is 1. The third-order valence-electron chi connectivity index (χ3n) is 2.28. The van der Waals surface area contributed by atoms with Gasteiger partial charge in [0.1, 0.15) is 9.30 Å². The molecule has 1 aromatic rings. The highest BCUT2D eigenvalue weighted by Crippen LogP contribution is 2.26. The van der Waals surface area contributed by atoms with Crippen LogP contribution < -0.4 is 5.32 Å². The minimum absolute atomic E-state index is 0.318. The molecule has 1 rings (SSSR count). The van der Waals surface area contributed by atoms with E-state index in [2.05, 4.69) is 67.1 Å². The fourth-order valence-corrected chi connectivity index (χ4v) is 2.23. The van der Waals surface area contributed by atoms with Crippen LogP contribution >= 0.6 is 38.5 Å². The van der Waals surface area contributed by atoms with Crippen molar-refractivity contribution in [1.82, 2.24) is 4.98 Å². The van der Waals surface area contributed by atoms with E-state index in [-0.39, 0.29) is 5.60 Å². The van der Waals surface area contributed by atoms with Crippen molar-refractivity contribution in [2.24, 2.45) is 0 Å². The molecule has 0 aliphatic heterocycles. The van der Waals surface area contributed by atoms with Gasteiger partial charge in [-0.1, -0.05) is 6.08 Å². The minimum Gasteiger partial charge on any atom is -0.462 e. The molecule has 0 amide bonds. The highest BCUT2D eigenvalue weighted by atomic mass is 127. The van der Waals surface area contributed by atoms with Gasteiger partial charge in [0.2, 0.25) is 0 Å². The second-order valence-electron chi connectivity index (χ2n) is 5.23. The average molecular weight is 469 g/mol. The molecule has 0 atom stereocenters. The first kappa shape index (κ1) is 20.4. The van der Waals surface area contributed by atoms with Gasteiger partial charge < -0.3 is 10.1 Å². The number of aromatic nitrogens is 1. The van der Waals surface area contributed by atoms with Gasteiger partial charge in [-0.3, -0.25) is 4.79 Å². The molecule has 0 saturated heterocycles. The van der Waals surface area contributed by atoms with Crippen molar-refractivity contribution in [3.63, 3.8) is 0 Å². The maximum atomic E-state index is 9.60. The summed E-state index contributed by atoms with van der Waals surface area (Å²) in [6, 6.07) is 0. The first-order chi connectivity index (χ1) is 9.72. The fraction of sp³-hybridized carbons (Fsp3) is 0.467. The van der Waals surface area contributed by atoms with E-state index < -0.39 is 0 Å². The Bertz CT molecular complexity index is 473. The molecule has 0 aromatic carbocycles. The predicted molar refractivity (Wildman–Crippen MR) is 99.6 cm³/mol. The van der Waals surface area contributed by atoms with Gasteiger partial charge in [0.25, 0.3) is 6.47 Å². The molecule has 1 N–H and O–H groups in total. The smallest absolute Gasteiger partial charge is 0.293 e. The van der Waals surface area contributed by atoms with Gasteiger partial charge >= 0.3 is 0 Å². The molecule has 0 spiro atoms. The van der Waals surface area contributed by atoms with E-state index in [4.69, 9.17) is 0 Å². The summed E-state index contributed by atoms with van der Waals surface area (Å²) < 4.78 is 6.60. The Morgan fingerprint density at radius 2 is 2.14 bits per heavy atom. The number of carbonyl (C=O) groups is 1. The summed E-state index contributed by atoms with van der Waals surface area (Å²) in [4.78, 5) is 13.9. The summed E-state index contributed by atoms with van der Waals surface area (Å²) in [6.45, 7) is 12.6. The van der Waals surface area contributed by atoms with E-state index in [0.717, 1.165) is 26.8 Å². The van der Waals surface area contributed by atoms with Crippen LogP contribution in [0.15, 0.2) is 23.3 Å². The Balaban J connectivity index is 0.000000486. The molecule has 21 heavy (non-hydrogen) atoms. The van der Waals surface area contributed by atoms with Gasteiger partial charge in [-0.15, -0.1) is 6.58 Å². The number of nitrogens with one attached hydrogen (secondary N) is 1. The summed E-state index contributed by atoms with van der Waals surface area (Å²) in [5.41, 5.74) is 2.00. The van der Waals surface area contributed by atoms with Crippen molar-refractivity contribution in [2.45, 2.75) is 39.7 Å². The number of carbonyl (C=O) groups excluding carboxylic acids is 1. The third kappa shape index (κ3) is 9.08. The second-order valence-corrected chi connectivity index (χ2v) is 7.10. The van der Waals surface area contributed by atoms with Crippen molar-refractivity contribution in [1.29, 1.82) is 0 Å². The number of rotatable bonds is 5.